The standard InChI is InChI=1S/C5H4F2N2OS/c6-4(7)5-9-3(1-11-5)8-2-10/h1-2,4H,(H,8,10). The molecule has 0 saturated carbocycles. The van der Waals surface area contributed by atoms with Gasteiger partial charge in [0, 0.05) is 5.38 Å². The lowest BCUT2D eigenvalue weighted by molar-refractivity contribution is -0.105. The molecule has 1 rings (SSSR count). The first-order chi connectivity index (χ1) is 5.24. The van der Waals surface area contributed by atoms with Crippen LogP contribution in [0.3, 0.4) is 0 Å². The second-order valence-corrected chi connectivity index (χ2v) is 2.52. The molecule has 0 radical (unpaired) electrons. The molecule has 1 aromatic heterocycles. The maximum absolute atomic E-state index is 11.9. The highest BCUT2D eigenvalue weighted by atomic mass is 32.1. The van der Waals surface area contributed by atoms with E-state index in [1.165, 1.54) is 5.38 Å². The van der Waals surface area contributed by atoms with E-state index in [2.05, 4.69) is 10.3 Å². The zero-order valence-electron chi connectivity index (χ0n) is 5.25. The molecule has 3 nitrogen and oxygen atoms in total. The van der Waals surface area contributed by atoms with Crippen LogP contribution in [0.2, 0.25) is 0 Å². The number of nitrogens with one attached hydrogen (secondary N) is 1. The van der Waals surface area contributed by atoms with Crippen molar-refractivity contribution in [1.82, 2.24) is 4.98 Å². The number of halogens is 2. The SMILES string of the molecule is O=CNc1csc(C(F)F)n1. The van der Waals surface area contributed by atoms with Gasteiger partial charge < -0.3 is 5.32 Å². The van der Waals surface area contributed by atoms with E-state index in [9.17, 15) is 13.6 Å². The first kappa shape index (κ1) is 8.06. The second kappa shape index (κ2) is 3.38. The van der Waals surface area contributed by atoms with E-state index in [-0.39, 0.29) is 10.8 Å². The Hall–Kier alpha value is -1.04. The maximum atomic E-state index is 11.9. The van der Waals surface area contributed by atoms with Gasteiger partial charge in [0.15, 0.2) is 5.01 Å². The number of carbonyl (C=O) groups excluding carboxylic acids is 1. The summed E-state index contributed by atoms with van der Waals surface area (Å²) in [5, 5.41) is 3.24. The first-order valence-electron chi connectivity index (χ1n) is 2.68. The van der Waals surface area contributed by atoms with E-state index in [0.29, 0.717) is 6.41 Å². The quantitative estimate of drug-likeness (QED) is 0.715. The van der Waals surface area contributed by atoms with Crippen LogP contribution in [-0.4, -0.2) is 11.4 Å². The van der Waals surface area contributed by atoms with Crippen LogP contribution in [0.25, 0.3) is 0 Å². The minimum atomic E-state index is -2.57. The largest absolute Gasteiger partial charge is 0.313 e. The van der Waals surface area contributed by atoms with Gasteiger partial charge in [0.2, 0.25) is 6.41 Å². The summed E-state index contributed by atoms with van der Waals surface area (Å²) in [6, 6.07) is 0. The van der Waals surface area contributed by atoms with Gasteiger partial charge in [0.1, 0.15) is 5.82 Å². The Morgan fingerprint density at radius 1 is 1.73 bits per heavy atom. The molecule has 0 atom stereocenters. The molecular weight excluding hydrogens is 174 g/mol. The summed E-state index contributed by atoms with van der Waals surface area (Å²) < 4.78 is 23.7. The third-order valence-corrected chi connectivity index (χ3v) is 1.77. The van der Waals surface area contributed by atoms with Gasteiger partial charge in [-0.25, -0.2) is 13.8 Å². The fourth-order valence-electron chi connectivity index (χ4n) is 0.515. The van der Waals surface area contributed by atoms with Crippen LogP contribution in [0, 0.1) is 0 Å². The molecule has 0 saturated heterocycles. The van der Waals surface area contributed by atoms with Gasteiger partial charge in [-0.2, -0.15) is 0 Å². The highest BCUT2D eigenvalue weighted by Gasteiger charge is 2.11. The van der Waals surface area contributed by atoms with Gasteiger partial charge in [-0.3, -0.25) is 4.79 Å². The van der Waals surface area contributed by atoms with Gasteiger partial charge in [-0.05, 0) is 0 Å². The van der Waals surface area contributed by atoms with Gasteiger partial charge in [0.25, 0.3) is 6.43 Å². The molecule has 60 valence electrons. The molecule has 0 unspecified atom stereocenters. The number of carbonyl (C=O) groups is 1. The summed E-state index contributed by atoms with van der Waals surface area (Å²) in [4.78, 5) is 13.2. The zero-order chi connectivity index (χ0) is 8.27. The van der Waals surface area contributed by atoms with Gasteiger partial charge >= 0.3 is 0 Å². The number of rotatable bonds is 3. The molecule has 0 aliphatic carbocycles. The molecule has 1 heterocycles. The van der Waals surface area contributed by atoms with Crippen molar-refractivity contribution in [2.45, 2.75) is 6.43 Å². The van der Waals surface area contributed by atoms with E-state index in [1.807, 2.05) is 0 Å². The molecule has 6 heteroatoms. The number of hydrogen-bond acceptors (Lipinski definition) is 3. The number of thiazole rings is 1. The van der Waals surface area contributed by atoms with Crippen LogP contribution in [-0.2, 0) is 4.79 Å². The molecule has 1 N–H and O–H groups in total. The van der Waals surface area contributed by atoms with Crippen LogP contribution in [0.15, 0.2) is 5.38 Å². The highest BCUT2D eigenvalue weighted by molar-refractivity contribution is 7.10. The number of aromatic nitrogens is 1. The summed E-state index contributed by atoms with van der Waals surface area (Å²) in [5.41, 5.74) is 0. The van der Waals surface area contributed by atoms with Crippen molar-refractivity contribution in [2.24, 2.45) is 0 Å². The van der Waals surface area contributed by atoms with Gasteiger partial charge in [-0.15, -0.1) is 11.3 Å². The van der Waals surface area contributed by atoms with Crippen LogP contribution in [0.1, 0.15) is 11.4 Å². The van der Waals surface area contributed by atoms with Crippen LogP contribution < -0.4 is 5.32 Å². The van der Waals surface area contributed by atoms with Crippen LogP contribution in [0.4, 0.5) is 14.6 Å². The minimum absolute atomic E-state index is 0.167. The topological polar surface area (TPSA) is 42.0 Å². The molecule has 11 heavy (non-hydrogen) atoms. The van der Waals surface area contributed by atoms with E-state index in [4.69, 9.17) is 0 Å². The van der Waals surface area contributed by atoms with Crippen molar-refractivity contribution < 1.29 is 13.6 Å². The van der Waals surface area contributed by atoms with Crippen molar-refractivity contribution in [1.29, 1.82) is 0 Å². The average molecular weight is 178 g/mol. The Kier molecular flexibility index (Phi) is 2.48. The Balaban J connectivity index is 2.73. The maximum Gasteiger partial charge on any atom is 0.289 e. The van der Waals surface area contributed by atoms with Crippen LogP contribution in [0.5, 0.6) is 0 Å². The van der Waals surface area contributed by atoms with Crippen molar-refractivity contribution in [3.63, 3.8) is 0 Å². The van der Waals surface area contributed by atoms with Crippen molar-refractivity contribution in [3.8, 4) is 0 Å². The second-order valence-electron chi connectivity index (χ2n) is 1.63. The third-order valence-electron chi connectivity index (χ3n) is 0.915. The third kappa shape index (κ3) is 1.94. The average Bonchev–Trinajstić information content (AvgIpc) is 2.37. The first-order valence-corrected chi connectivity index (χ1v) is 3.55. The molecule has 0 bridgehead atoms. The summed E-state index contributed by atoms with van der Waals surface area (Å²) in [6.45, 7) is 0. The monoisotopic (exact) mass is 178 g/mol. The molecule has 0 aromatic carbocycles. The predicted octanol–water partition coefficient (Wildman–Crippen LogP) is 1.65. The predicted molar refractivity (Wildman–Crippen MR) is 36.8 cm³/mol. The molecule has 1 aromatic rings. The number of hydrogen-bond donors (Lipinski definition) is 1. The van der Waals surface area contributed by atoms with E-state index in [1.54, 1.807) is 0 Å². The number of amides is 1. The molecule has 1 amide bonds. The van der Waals surface area contributed by atoms with Gasteiger partial charge in [0.05, 0.1) is 0 Å². The lowest BCUT2D eigenvalue weighted by Gasteiger charge is -1.89. The molecule has 0 aliphatic rings. The summed E-state index contributed by atoms with van der Waals surface area (Å²) in [6.07, 6.45) is -2.17. The minimum Gasteiger partial charge on any atom is -0.313 e. The number of anilines is 1. The molecular formula is C5H4F2N2OS. The molecule has 0 fully saturated rings. The summed E-state index contributed by atoms with van der Waals surface area (Å²) in [7, 11) is 0. The van der Waals surface area contributed by atoms with Crippen LogP contribution >= 0.6 is 11.3 Å². The smallest absolute Gasteiger partial charge is 0.289 e. The normalized spacial score (nSPS) is 10.1. The Labute approximate surface area is 65.1 Å². The van der Waals surface area contributed by atoms with Crippen molar-refractivity contribution in [3.05, 3.63) is 10.4 Å². The fraction of sp³-hybridized carbons (Fsp3) is 0.200. The zero-order valence-corrected chi connectivity index (χ0v) is 6.07. The summed E-state index contributed by atoms with van der Waals surface area (Å²) in [5.74, 6) is 0.167. The Morgan fingerprint density at radius 3 is 2.91 bits per heavy atom. The van der Waals surface area contributed by atoms with E-state index in [0.717, 1.165) is 11.3 Å². The summed E-state index contributed by atoms with van der Waals surface area (Å²) >= 11 is 0.815. The fourth-order valence-corrected chi connectivity index (χ4v) is 1.12. The molecule has 0 aliphatic heterocycles. The van der Waals surface area contributed by atoms with Crippen molar-refractivity contribution in [2.75, 3.05) is 5.32 Å². The number of alkyl halides is 2. The van der Waals surface area contributed by atoms with E-state index >= 15 is 0 Å². The Bertz CT molecular complexity index is 250. The highest BCUT2D eigenvalue weighted by Crippen LogP contribution is 2.24. The molecule has 0 spiro atoms. The van der Waals surface area contributed by atoms with Gasteiger partial charge in [-0.1, -0.05) is 0 Å². The lowest BCUT2D eigenvalue weighted by atomic mass is 10.7. The van der Waals surface area contributed by atoms with Crippen molar-refractivity contribution >= 4 is 23.6 Å². The van der Waals surface area contributed by atoms with E-state index < -0.39 is 6.43 Å². The Morgan fingerprint density at radius 2 is 2.45 bits per heavy atom. The lowest BCUT2D eigenvalue weighted by Crippen LogP contribution is -1.93. The number of nitrogens with zero attached hydrogens (tertiary/aromatic N) is 1.